The number of benzene rings is 1. The van der Waals surface area contributed by atoms with Crippen molar-refractivity contribution in [2.75, 3.05) is 6.54 Å². The smallest absolute Gasteiger partial charge is 0.416 e. The quantitative estimate of drug-likeness (QED) is 0.734. The molecule has 0 spiro atoms. The number of halogens is 3. The molecule has 2 rings (SSSR count). The minimum atomic E-state index is -4.49. The van der Waals surface area contributed by atoms with Crippen molar-refractivity contribution in [1.29, 1.82) is 0 Å². The zero-order chi connectivity index (χ0) is 18.4. The van der Waals surface area contributed by atoms with Crippen molar-refractivity contribution in [1.82, 2.24) is 10.3 Å². The molecule has 1 heterocycles. The first-order valence-corrected chi connectivity index (χ1v) is 7.26. The van der Waals surface area contributed by atoms with E-state index in [0.717, 1.165) is 12.1 Å². The van der Waals surface area contributed by atoms with Gasteiger partial charge in [0.25, 0.3) is 0 Å². The van der Waals surface area contributed by atoms with Crippen LogP contribution in [0.25, 0.3) is 0 Å². The summed E-state index contributed by atoms with van der Waals surface area (Å²) in [5.41, 5.74) is 4.77. The number of alkyl halides is 3. The molecule has 1 amide bonds. The van der Waals surface area contributed by atoms with Crippen molar-refractivity contribution in [2.45, 2.75) is 18.8 Å². The zero-order valence-electron chi connectivity index (χ0n) is 13.0. The van der Waals surface area contributed by atoms with Gasteiger partial charge in [-0.05, 0) is 24.3 Å². The Balaban J connectivity index is 2.14. The van der Waals surface area contributed by atoms with E-state index in [1.54, 1.807) is 12.1 Å². The number of pyridine rings is 1. The Labute approximate surface area is 141 Å². The lowest BCUT2D eigenvalue weighted by molar-refractivity contribution is -0.137. The number of aliphatic hydroxyl groups excluding tert-OH is 1. The number of nitrogens with zero attached hydrogens (tertiary/aromatic N) is 1. The summed E-state index contributed by atoms with van der Waals surface area (Å²) >= 11 is 0. The molecule has 1 atom stereocenters. The molecule has 1 aromatic heterocycles. The Morgan fingerprint density at radius 3 is 2.76 bits per heavy atom. The zero-order valence-corrected chi connectivity index (χ0v) is 13.0. The summed E-state index contributed by atoms with van der Waals surface area (Å²) in [5, 5.41) is 11.8. The molecule has 0 saturated carbocycles. The summed E-state index contributed by atoms with van der Waals surface area (Å²) in [4.78, 5) is 15.5. The fraction of sp³-hybridized carbons (Fsp3) is 0.250. The van der Waals surface area contributed by atoms with Crippen LogP contribution in [0.3, 0.4) is 0 Å². The molecule has 6 nitrogen and oxygen atoms in total. The van der Waals surface area contributed by atoms with Crippen molar-refractivity contribution in [2.24, 2.45) is 5.73 Å². The molecule has 25 heavy (non-hydrogen) atoms. The molecule has 0 unspecified atom stereocenters. The summed E-state index contributed by atoms with van der Waals surface area (Å²) in [6.45, 7) is -0.259. The maximum absolute atomic E-state index is 12.8. The minimum absolute atomic E-state index is 0.0297. The van der Waals surface area contributed by atoms with Crippen LogP contribution in [-0.2, 0) is 17.5 Å². The van der Waals surface area contributed by atoms with Gasteiger partial charge in [0.1, 0.15) is 11.9 Å². The predicted molar refractivity (Wildman–Crippen MR) is 82.7 cm³/mol. The molecule has 0 aliphatic carbocycles. The topological polar surface area (TPSA) is 97.5 Å². The molecule has 134 valence electrons. The van der Waals surface area contributed by atoms with E-state index in [-0.39, 0.29) is 24.7 Å². The fourth-order valence-corrected chi connectivity index (χ4v) is 1.91. The third-order valence-electron chi connectivity index (χ3n) is 3.20. The lowest BCUT2D eigenvalue weighted by Gasteiger charge is -2.13. The number of amides is 1. The summed E-state index contributed by atoms with van der Waals surface area (Å²) in [5.74, 6) is -0.663. The molecule has 0 bridgehead atoms. The monoisotopic (exact) mass is 355 g/mol. The van der Waals surface area contributed by atoms with Crippen molar-refractivity contribution in [3.05, 3.63) is 53.7 Å². The molecule has 1 aromatic carbocycles. The van der Waals surface area contributed by atoms with Crippen molar-refractivity contribution < 1.29 is 27.8 Å². The number of carbonyl (C=O) groups excluding carboxylic acids is 1. The number of hydrogen-bond donors (Lipinski definition) is 3. The van der Waals surface area contributed by atoms with Gasteiger partial charge in [0.05, 0.1) is 5.56 Å². The largest absolute Gasteiger partial charge is 0.439 e. The molecule has 0 fully saturated rings. The van der Waals surface area contributed by atoms with E-state index in [0.29, 0.717) is 5.56 Å². The Kier molecular flexibility index (Phi) is 5.94. The third kappa shape index (κ3) is 5.16. The van der Waals surface area contributed by atoms with E-state index >= 15 is 0 Å². The second-order valence-electron chi connectivity index (χ2n) is 5.06. The number of rotatable bonds is 6. The lowest BCUT2D eigenvalue weighted by atomic mass is 10.2. The molecule has 9 heteroatoms. The molecular formula is C16H16F3N3O3. The number of nitrogens with one attached hydrogen (secondary N) is 1. The SMILES string of the molecule is NC[C@H](O)C(=O)NCc1cccnc1Oc1cccc(C(F)(F)F)c1. The van der Waals surface area contributed by atoms with E-state index in [9.17, 15) is 23.1 Å². The Morgan fingerprint density at radius 1 is 1.32 bits per heavy atom. The number of aromatic nitrogens is 1. The highest BCUT2D eigenvalue weighted by Gasteiger charge is 2.30. The van der Waals surface area contributed by atoms with Gasteiger partial charge < -0.3 is 20.9 Å². The van der Waals surface area contributed by atoms with Crippen LogP contribution >= 0.6 is 0 Å². The van der Waals surface area contributed by atoms with Gasteiger partial charge in [-0.25, -0.2) is 4.98 Å². The van der Waals surface area contributed by atoms with E-state index < -0.39 is 23.8 Å². The van der Waals surface area contributed by atoms with Crippen molar-refractivity contribution in [3.63, 3.8) is 0 Å². The van der Waals surface area contributed by atoms with Gasteiger partial charge in [0.2, 0.25) is 11.8 Å². The average molecular weight is 355 g/mol. The van der Waals surface area contributed by atoms with Gasteiger partial charge in [-0.1, -0.05) is 12.1 Å². The van der Waals surface area contributed by atoms with Crippen LogP contribution in [0.15, 0.2) is 42.6 Å². The van der Waals surface area contributed by atoms with Crippen molar-refractivity contribution >= 4 is 5.91 Å². The first-order valence-electron chi connectivity index (χ1n) is 7.26. The number of hydrogen-bond acceptors (Lipinski definition) is 5. The van der Waals surface area contributed by atoms with Crippen LogP contribution in [0, 0.1) is 0 Å². The molecule has 0 aliphatic heterocycles. The van der Waals surface area contributed by atoms with Gasteiger partial charge in [0, 0.05) is 24.8 Å². The van der Waals surface area contributed by atoms with Crippen LogP contribution in [0.2, 0.25) is 0 Å². The first-order chi connectivity index (χ1) is 11.8. The van der Waals surface area contributed by atoms with Crippen LogP contribution < -0.4 is 15.8 Å². The second kappa shape index (κ2) is 7.95. The van der Waals surface area contributed by atoms with Crippen LogP contribution in [-0.4, -0.2) is 28.6 Å². The summed E-state index contributed by atoms with van der Waals surface area (Å²) < 4.78 is 43.7. The van der Waals surface area contributed by atoms with Gasteiger partial charge in [-0.2, -0.15) is 13.2 Å². The fourth-order valence-electron chi connectivity index (χ4n) is 1.91. The summed E-state index contributed by atoms with van der Waals surface area (Å²) in [6, 6.07) is 7.55. The van der Waals surface area contributed by atoms with Crippen LogP contribution in [0.4, 0.5) is 13.2 Å². The average Bonchev–Trinajstić information content (AvgIpc) is 2.59. The van der Waals surface area contributed by atoms with Gasteiger partial charge in [-0.3, -0.25) is 4.79 Å². The number of carbonyl (C=O) groups is 1. The van der Waals surface area contributed by atoms with Crippen LogP contribution in [0.1, 0.15) is 11.1 Å². The highest BCUT2D eigenvalue weighted by molar-refractivity contribution is 5.80. The standard InChI is InChI=1S/C16H16F3N3O3/c17-16(18,19)11-4-1-5-12(7-11)25-15-10(3-2-6-21-15)9-22-14(24)13(23)8-20/h1-7,13,23H,8-9,20H2,(H,22,24)/t13-/m0/s1. The highest BCUT2D eigenvalue weighted by Crippen LogP contribution is 2.32. The van der Waals surface area contributed by atoms with Gasteiger partial charge in [-0.15, -0.1) is 0 Å². The minimum Gasteiger partial charge on any atom is -0.439 e. The molecule has 2 aromatic rings. The Hall–Kier alpha value is -2.65. The lowest BCUT2D eigenvalue weighted by Crippen LogP contribution is -2.38. The number of nitrogens with two attached hydrogens (primary N) is 1. The highest BCUT2D eigenvalue weighted by atomic mass is 19.4. The van der Waals surface area contributed by atoms with E-state index in [1.807, 2.05) is 0 Å². The van der Waals surface area contributed by atoms with E-state index in [2.05, 4.69) is 10.3 Å². The van der Waals surface area contributed by atoms with Gasteiger partial charge in [0.15, 0.2) is 0 Å². The molecule has 4 N–H and O–H groups in total. The van der Waals surface area contributed by atoms with Crippen LogP contribution in [0.5, 0.6) is 11.6 Å². The summed E-state index contributed by atoms with van der Waals surface area (Å²) in [6.07, 6.45) is -4.42. The number of ether oxygens (including phenoxy) is 1. The van der Waals surface area contributed by atoms with Crippen molar-refractivity contribution in [3.8, 4) is 11.6 Å². The van der Waals surface area contributed by atoms with Gasteiger partial charge >= 0.3 is 6.18 Å². The Bertz CT molecular complexity index is 738. The first kappa shape index (κ1) is 18.7. The molecule has 0 aliphatic rings. The maximum Gasteiger partial charge on any atom is 0.416 e. The van der Waals surface area contributed by atoms with E-state index in [4.69, 9.17) is 10.5 Å². The third-order valence-corrected chi connectivity index (χ3v) is 3.20. The maximum atomic E-state index is 12.8. The molecule has 0 saturated heterocycles. The molecular weight excluding hydrogens is 339 g/mol. The normalized spacial score (nSPS) is 12.5. The van der Waals surface area contributed by atoms with E-state index in [1.165, 1.54) is 18.3 Å². The number of aliphatic hydroxyl groups is 1. The molecule has 0 radical (unpaired) electrons. The predicted octanol–water partition coefficient (Wildman–Crippen LogP) is 1.83. The second-order valence-corrected chi connectivity index (χ2v) is 5.06. The Morgan fingerprint density at radius 2 is 2.08 bits per heavy atom. The summed E-state index contributed by atoms with van der Waals surface area (Å²) in [7, 11) is 0.